The lowest BCUT2D eigenvalue weighted by Gasteiger charge is -2.18. The van der Waals surface area contributed by atoms with Gasteiger partial charge < -0.3 is 25.2 Å². The lowest BCUT2D eigenvalue weighted by atomic mass is 10.1. The van der Waals surface area contributed by atoms with Crippen LogP contribution in [0, 0.1) is 0 Å². The van der Waals surface area contributed by atoms with Gasteiger partial charge in [0.05, 0.1) is 13.2 Å². The van der Waals surface area contributed by atoms with E-state index in [-0.39, 0.29) is 12.8 Å². The molecule has 0 bridgehead atoms. The van der Waals surface area contributed by atoms with Gasteiger partial charge in [-0.2, -0.15) is 0 Å². The summed E-state index contributed by atoms with van der Waals surface area (Å²) in [5, 5.41) is 21.7. The minimum absolute atomic E-state index is 0.133. The van der Waals surface area contributed by atoms with Crippen molar-refractivity contribution < 1.29 is 47.8 Å². The molecule has 0 rings (SSSR count). The van der Waals surface area contributed by atoms with Gasteiger partial charge in [-0.25, -0.2) is 9.36 Å². The molecule has 0 aliphatic rings. The van der Waals surface area contributed by atoms with Crippen molar-refractivity contribution in [2.24, 2.45) is 0 Å². The van der Waals surface area contributed by atoms with Gasteiger partial charge in [-0.05, 0) is 57.8 Å². The molecular formula is C36H64NO10P. The largest absolute Gasteiger partial charge is 0.480 e. The van der Waals surface area contributed by atoms with E-state index in [4.69, 9.17) is 13.8 Å². The molecule has 4 N–H and O–H groups in total. The summed E-state index contributed by atoms with van der Waals surface area (Å²) < 4.78 is 26.6. The Kier molecular flexibility index (Phi) is 30.4. The second-order valence-electron chi connectivity index (χ2n) is 12.0. The molecule has 0 spiro atoms. The number of phosphoric ester groups is 1. The van der Waals surface area contributed by atoms with Gasteiger partial charge in [0.1, 0.15) is 12.7 Å². The molecule has 3 unspecified atom stereocenters. The van der Waals surface area contributed by atoms with Crippen LogP contribution in [0.4, 0.5) is 0 Å². The number of amides is 1. The van der Waals surface area contributed by atoms with Crippen LogP contribution in [-0.2, 0) is 32.7 Å². The topological polar surface area (TPSA) is 169 Å². The van der Waals surface area contributed by atoms with E-state index in [9.17, 15) is 34.1 Å². The van der Waals surface area contributed by atoms with E-state index in [0.29, 0.717) is 12.8 Å². The number of aliphatic carboxylic acids is 1. The minimum Gasteiger partial charge on any atom is -0.480 e. The number of carboxylic acid groups (broad SMARTS) is 1. The number of nitrogens with one attached hydrogen (secondary N) is 1. The van der Waals surface area contributed by atoms with Crippen molar-refractivity contribution in [1.82, 2.24) is 5.32 Å². The summed E-state index contributed by atoms with van der Waals surface area (Å²) in [6.07, 6.45) is 30.5. The van der Waals surface area contributed by atoms with Crippen molar-refractivity contribution in [2.45, 2.75) is 154 Å². The third-order valence-electron chi connectivity index (χ3n) is 7.38. The van der Waals surface area contributed by atoms with Gasteiger partial charge >= 0.3 is 19.8 Å². The van der Waals surface area contributed by atoms with Crippen LogP contribution in [0.2, 0.25) is 0 Å². The molecule has 11 nitrogen and oxygen atoms in total. The van der Waals surface area contributed by atoms with Gasteiger partial charge in [-0.3, -0.25) is 18.6 Å². The normalized spacial score (nSPS) is 14.4. The summed E-state index contributed by atoms with van der Waals surface area (Å²) in [5.74, 6) is -2.41. The number of hydrogen-bond acceptors (Lipinski definition) is 8. The number of aliphatic hydroxyl groups is 1. The molecule has 0 aromatic carbocycles. The number of phosphoric acid groups is 1. The molecule has 0 heterocycles. The highest BCUT2D eigenvalue weighted by Gasteiger charge is 2.28. The first-order valence-corrected chi connectivity index (χ1v) is 19.5. The molecule has 0 aromatic rings. The highest BCUT2D eigenvalue weighted by atomic mass is 31.2. The number of ether oxygens (including phenoxy) is 1. The molecule has 0 aromatic heterocycles. The zero-order chi connectivity index (χ0) is 35.7. The quantitative estimate of drug-likeness (QED) is 0.0227. The maximum Gasteiger partial charge on any atom is 0.472 e. The summed E-state index contributed by atoms with van der Waals surface area (Å²) in [5.41, 5.74) is 0. The second kappa shape index (κ2) is 31.9. The molecule has 0 saturated carbocycles. The first kappa shape index (κ1) is 45.7. The summed E-state index contributed by atoms with van der Waals surface area (Å²) in [6, 6.07) is -1.55. The van der Waals surface area contributed by atoms with Gasteiger partial charge in [0.2, 0.25) is 5.91 Å². The zero-order valence-corrected chi connectivity index (χ0v) is 30.4. The Hall–Kier alpha value is -2.30. The van der Waals surface area contributed by atoms with Crippen LogP contribution in [0.25, 0.3) is 0 Å². The minimum atomic E-state index is -4.75. The third-order valence-corrected chi connectivity index (χ3v) is 8.33. The maximum atomic E-state index is 12.2. The molecule has 0 aliphatic heterocycles. The molecule has 3 atom stereocenters. The predicted molar refractivity (Wildman–Crippen MR) is 189 cm³/mol. The van der Waals surface area contributed by atoms with Crippen LogP contribution >= 0.6 is 7.82 Å². The number of esters is 1. The Bertz CT molecular complexity index is 968. The zero-order valence-electron chi connectivity index (χ0n) is 29.5. The highest BCUT2D eigenvalue weighted by molar-refractivity contribution is 7.47. The van der Waals surface area contributed by atoms with Gasteiger partial charge in [0, 0.05) is 12.8 Å². The second-order valence-corrected chi connectivity index (χ2v) is 13.5. The number of carbonyl (C=O) groups is 3. The molecule has 12 heteroatoms. The number of carbonyl (C=O) groups excluding carboxylic acids is 2. The average Bonchev–Trinajstić information content (AvgIpc) is 3.05. The Labute approximate surface area is 289 Å². The fourth-order valence-electron chi connectivity index (χ4n) is 4.51. The fraction of sp³-hybridized carbons (Fsp3) is 0.750. The smallest absolute Gasteiger partial charge is 0.472 e. The van der Waals surface area contributed by atoms with E-state index in [1.54, 1.807) is 0 Å². The Morgan fingerprint density at radius 2 is 1.19 bits per heavy atom. The molecule has 0 aliphatic carbocycles. The van der Waals surface area contributed by atoms with E-state index in [1.165, 1.54) is 12.8 Å². The number of allylic oxidation sites excluding steroid dienone is 6. The first-order valence-electron chi connectivity index (χ1n) is 18.0. The van der Waals surface area contributed by atoms with Crippen LogP contribution in [0.1, 0.15) is 142 Å². The van der Waals surface area contributed by atoms with Gasteiger partial charge in [0.15, 0.2) is 6.04 Å². The Balaban J connectivity index is 4.01. The molecule has 0 saturated heterocycles. The van der Waals surface area contributed by atoms with Gasteiger partial charge in [-0.1, -0.05) is 108 Å². The van der Waals surface area contributed by atoms with E-state index in [1.807, 2.05) is 0 Å². The van der Waals surface area contributed by atoms with Crippen LogP contribution in [-0.4, -0.2) is 64.9 Å². The highest BCUT2D eigenvalue weighted by Crippen LogP contribution is 2.43. The lowest BCUT2D eigenvalue weighted by molar-refractivity contribution is -0.147. The van der Waals surface area contributed by atoms with Crippen LogP contribution in [0.3, 0.4) is 0 Å². The molecule has 0 fully saturated rings. The molecular weight excluding hydrogens is 637 g/mol. The van der Waals surface area contributed by atoms with Crippen molar-refractivity contribution in [3.05, 3.63) is 36.5 Å². The van der Waals surface area contributed by atoms with E-state index < -0.39 is 57.6 Å². The van der Waals surface area contributed by atoms with E-state index in [2.05, 4.69) is 55.6 Å². The van der Waals surface area contributed by atoms with E-state index >= 15 is 0 Å². The summed E-state index contributed by atoms with van der Waals surface area (Å²) in [6.45, 7) is 2.42. The summed E-state index contributed by atoms with van der Waals surface area (Å²) in [7, 11) is -4.75. The van der Waals surface area contributed by atoms with Gasteiger partial charge in [-0.15, -0.1) is 0 Å². The van der Waals surface area contributed by atoms with Crippen LogP contribution in [0.5, 0.6) is 0 Å². The van der Waals surface area contributed by atoms with Crippen LogP contribution in [0.15, 0.2) is 36.5 Å². The summed E-state index contributed by atoms with van der Waals surface area (Å²) in [4.78, 5) is 45.5. The van der Waals surface area contributed by atoms with E-state index in [0.717, 1.165) is 89.9 Å². The van der Waals surface area contributed by atoms with Crippen molar-refractivity contribution >= 4 is 25.7 Å². The summed E-state index contributed by atoms with van der Waals surface area (Å²) >= 11 is 0. The number of hydrogen-bond donors (Lipinski definition) is 4. The molecule has 0 radical (unpaired) electrons. The fourth-order valence-corrected chi connectivity index (χ4v) is 5.28. The lowest BCUT2D eigenvalue weighted by Crippen LogP contribution is -2.43. The number of carboxylic acids is 1. The third kappa shape index (κ3) is 31.0. The Morgan fingerprint density at radius 1 is 0.667 bits per heavy atom. The van der Waals surface area contributed by atoms with Crippen molar-refractivity contribution in [3.63, 3.8) is 0 Å². The first-order chi connectivity index (χ1) is 23.1. The van der Waals surface area contributed by atoms with Crippen molar-refractivity contribution in [2.75, 3.05) is 19.8 Å². The SMILES string of the molecule is CCC/C=C\CCCCCCCC(=O)NC(COP(=O)(O)OCC(O)COC(=O)CCCCCCC/C=C\C/C=C\CCCC)C(=O)O. The predicted octanol–water partition coefficient (Wildman–Crippen LogP) is 8.10. The van der Waals surface area contributed by atoms with Crippen molar-refractivity contribution in [3.8, 4) is 0 Å². The average molecular weight is 702 g/mol. The molecule has 1 amide bonds. The van der Waals surface area contributed by atoms with Crippen molar-refractivity contribution in [1.29, 1.82) is 0 Å². The van der Waals surface area contributed by atoms with Gasteiger partial charge in [0.25, 0.3) is 0 Å². The van der Waals surface area contributed by atoms with Crippen LogP contribution < -0.4 is 5.32 Å². The molecule has 278 valence electrons. The standard InChI is InChI=1S/C36H64NO10P/c1-3-5-7-9-11-13-15-16-17-18-20-22-24-26-28-35(40)45-29-32(38)30-46-48(43,44)47-31-33(36(41)42)37-34(39)27-25-23-21-19-14-12-10-8-6-4-2/h8-11,15-16,32-33,38H,3-7,12-14,17-31H2,1-2H3,(H,37,39)(H,41,42)(H,43,44)/b10-8-,11-9-,16-15-. The number of unbranched alkanes of at least 4 members (excludes halogenated alkanes) is 13. The number of rotatable bonds is 33. The maximum absolute atomic E-state index is 12.2. The molecule has 48 heavy (non-hydrogen) atoms. The monoisotopic (exact) mass is 701 g/mol. The Morgan fingerprint density at radius 3 is 1.79 bits per heavy atom. The number of aliphatic hydroxyl groups excluding tert-OH is 1.